The highest BCUT2D eigenvalue weighted by Gasteiger charge is 2.38. The van der Waals surface area contributed by atoms with Gasteiger partial charge in [0.1, 0.15) is 17.6 Å². The van der Waals surface area contributed by atoms with Crippen LogP contribution in [-0.4, -0.2) is 35.3 Å². The Kier molecular flexibility index (Phi) is 5.34. The Balaban J connectivity index is 1.43. The number of carbonyl (C=O) groups is 1. The standard InChI is InChI=1S/C20H26N4O4/c1-11-3-5-17(28-11)15-9-16(24-23-15)20(26)22-19(13-7-14(25)8-13)12-4-6-18(27-2)21-10-12/h3-6,10,13-16,19,23-25H,7-9H2,1-2H3,(H,22,26). The molecule has 1 aliphatic carbocycles. The molecule has 2 aliphatic rings. The molecule has 0 bridgehead atoms. The van der Waals surface area contributed by atoms with Crippen LogP contribution in [0.25, 0.3) is 0 Å². The fourth-order valence-corrected chi connectivity index (χ4v) is 3.88. The van der Waals surface area contributed by atoms with Gasteiger partial charge in [0.15, 0.2) is 0 Å². The lowest BCUT2D eigenvalue weighted by molar-refractivity contribution is -0.124. The molecule has 1 saturated carbocycles. The second kappa shape index (κ2) is 7.90. The van der Waals surface area contributed by atoms with Crippen LogP contribution in [0.5, 0.6) is 5.88 Å². The van der Waals surface area contributed by atoms with Gasteiger partial charge >= 0.3 is 0 Å². The summed E-state index contributed by atoms with van der Waals surface area (Å²) in [6.07, 6.45) is 3.36. The van der Waals surface area contributed by atoms with Crippen molar-refractivity contribution in [1.29, 1.82) is 0 Å². The second-order valence-corrected chi connectivity index (χ2v) is 7.58. The van der Waals surface area contributed by atoms with Crippen molar-refractivity contribution in [3.63, 3.8) is 0 Å². The molecule has 8 heteroatoms. The van der Waals surface area contributed by atoms with Crippen molar-refractivity contribution < 1.29 is 19.1 Å². The maximum Gasteiger partial charge on any atom is 0.239 e. The number of pyridine rings is 1. The number of amides is 1. The maximum absolute atomic E-state index is 12.9. The number of hydrogen-bond acceptors (Lipinski definition) is 7. The molecule has 2 fully saturated rings. The SMILES string of the molecule is COc1ccc(C(NC(=O)C2CC(c3ccc(C)o3)NN2)C2CC(O)C2)cn1. The summed E-state index contributed by atoms with van der Waals surface area (Å²) >= 11 is 0. The van der Waals surface area contributed by atoms with Gasteiger partial charge in [-0.25, -0.2) is 15.8 Å². The average molecular weight is 386 g/mol. The largest absolute Gasteiger partial charge is 0.481 e. The van der Waals surface area contributed by atoms with E-state index in [0.717, 1.165) is 17.1 Å². The summed E-state index contributed by atoms with van der Waals surface area (Å²) in [4.78, 5) is 17.2. The molecule has 150 valence electrons. The van der Waals surface area contributed by atoms with Crippen molar-refractivity contribution >= 4 is 5.91 Å². The number of aryl methyl sites for hydroxylation is 1. The number of aliphatic hydroxyl groups is 1. The van der Waals surface area contributed by atoms with E-state index in [1.807, 2.05) is 25.1 Å². The first-order valence-corrected chi connectivity index (χ1v) is 9.59. The first-order valence-electron chi connectivity index (χ1n) is 9.59. The second-order valence-electron chi connectivity index (χ2n) is 7.58. The maximum atomic E-state index is 12.9. The number of nitrogens with zero attached hydrogens (tertiary/aromatic N) is 1. The Hall–Kier alpha value is -2.42. The molecule has 0 radical (unpaired) electrons. The van der Waals surface area contributed by atoms with Gasteiger partial charge in [0.05, 0.1) is 25.3 Å². The van der Waals surface area contributed by atoms with E-state index in [1.165, 1.54) is 0 Å². The summed E-state index contributed by atoms with van der Waals surface area (Å²) < 4.78 is 10.8. The minimum atomic E-state index is -0.367. The lowest BCUT2D eigenvalue weighted by Gasteiger charge is -2.38. The molecule has 2 aromatic heterocycles. The predicted molar refractivity (Wildman–Crippen MR) is 101 cm³/mol. The number of aliphatic hydroxyl groups excluding tert-OH is 1. The fraction of sp³-hybridized carbons (Fsp3) is 0.500. The number of carbonyl (C=O) groups excluding carboxylic acids is 1. The number of aromatic nitrogens is 1. The molecule has 3 heterocycles. The normalized spacial score (nSPS) is 27.8. The highest BCUT2D eigenvalue weighted by atomic mass is 16.5. The van der Waals surface area contributed by atoms with E-state index >= 15 is 0 Å². The van der Waals surface area contributed by atoms with Crippen LogP contribution < -0.4 is 20.9 Å². The zero-order valence-corrected chi connectivity index (χ0v) is 16.0. The molecule has 4 N–H and O–H groups in total. The molecule has 1 amide bonds. The van der Waals surface area contributed by atoms with Crippen LogP contribution in [0, 0.1) is 12.8 Å². The van der Waals surface area contributed by atoms with Crippen LogP contribution in [0.15, 0.2) is 34.9 Å². The van der Waals surface area contributed by atoms with Crippen LogP contribution in [0.4, 0.5) is 0 Å². The van der Waals surface area contributed by atoms with E-state index in [1.54, 1.807) is 19.4 Å². The van der Waals surface area contributed by atoms with Gasteiger partial charge in [-0.05, 0) is 49.8 Å². The van der Waals surface area contributed by atoms with Crippen LogP contribution in [0.2, 0.25) is 0 Å². The van der Waals surface area contributed by atoms with Crippen LogP contribution in [0.3, 0.4) is 0 Å². The van der Waals surface area contributed by atoms with Crippen molar-refractivity contribution in [2.45, 2.75) is 50.4 Å². The molecule has 1 saturated heterocycles. The van der Waals surface area contributed by atoms with Gasteiger partial charge < -0.3 is 19.6 Å². The van der Waals surface area contributed by atoms with Gasteiger partial charge in [0.2, 0.25) is 11.8 Å². The lowest BCUT2D eigenvalue weighted by Crippen LogP contribution is -2.48. The van der Waals surface area contributed by atoms with Crippen molar-refractivity contribution in [2.75, 3.05) is 7.11 Å². The van der Waals surface area contributed by atoms with E-state index in [9.17, 15) is 9.90 Å². The number of nitrogens with one attached hydrogen (secondary N) is 3. The molecule has 0 aromatic carbocycles. The molecule has 0 spiro atoms. The summed E-state index contributed by atoms with van der Waals surface area (Å²) in [7, 11) is 1.57. The minimum Gasteiger partial charge on any atom is -0.481 e. The third-order valence-electron chi connectivity index (χ3n) is 5.57. The number of methoxy groups -OCH3 is 1. The Morgan fingerprint density at radius 1 is 1.29 bits per heavy atom. The van der Waals surface area contributed by atoms with Crippen molar-refractivity contribution in [3.05, 3.63) is 47.5 Å². The van der Waals surface area contributed by atoms with Gasteiger partial charge in [0, 0.05) is 12.3 Å². The third-order valence-corrected chi connectivity index (χ3v) is 5.57. The van der Waals surface area contributed by atoms with E-state index in [4.69, 9.17) is 9.15 Å². The zero-order chi connectivity index (χ0) is 19.7. The summed E-state index contributed by atoms with van der Waals surface area (Å²) in [5.74, 6) is 2.30. The fourth-order valence-electron chi connectivity index (χ4n) is 3.88. The molecule has 8 nitrogen and oxygen atoms in total. The molecule has 3 atom stereocenters. The molecule has 3 unspecified atom stereocenters. The molecular formula is C20H26N4O4. The van der Waals surface area contributed by atoms with Crippen molar-refractivity contribution in [1.82, 2.24) is 21.2 Å². The zero-order valence-electron chi connectivity index (χ0n) is 16.0. The minimum absolute atomic E-state index is 0.0453. The van der Waals surface area contributed by atoms with E-state index in [0.29, 0.717) is 25.1 Å². The topological polar surface area (TPSA) is 109 Å². The number of hydrogen-bond donors (Lipinski definition) is 4. The number of furan rings is 1. The third kappa shape index (κ3) is 3.89. The average Bonchev–Trinajstić information content (AvgIpc) is 3.33. The van der Waals surface area contributed by atoms with E-state index < -0.39 is 0 Å². The smallest absolute Gasteiger partial charge is 0.239 e. The Morgan fingerprint density at radius 2 is 2.11 bits per heavy atom. The summed E-state index contributed by atoms with van der Waals surface area (Å²) in [5, 5.41) is 12.9. The predicted octanol–water partition coefficient (Wildman–Crippen LogP) is 1.53. The number of rotatable bonds is 6. The quantitative estimate of drug-likeness (QED) is 0.596. The summed E-state index contributed by atoms with van der Waals surface area (Å²) in [5.41, 5.74) is 7.11. The van der Waals surface area contributed by atoms with Gasteiger partial charge in [-0.2, -0.15) is 0 Å². The summed E-state index contributed by atoms with van der Waals surface area (Å²) in [6, 6.07) is 6.94. The van der Waals surface area contributed by atoms with E-state index in [2.05, 4.69) is 21.2 Å². The molecule has 1 aliphatic heterocycles. The van der Waals surface area contributed by atoms with Crippen molar-refractivity contribution in [2.24, 2.45) is 5.92 Å². The Morgan fingerprint density at radius 3 is 2.71 bits per heavy atom. The van der Waals surface area contributed by atoms with Gasteiger partial charge in [-0.15, -0.1) is 0 Å². The van der Waals surface area contributed by atoms with Gasteiger partial charge in [0.25, 0.3) is 0 Å². The van der Waals surface area contributed by atoms with Crippen LogP contribution in [0.1, 0.15) is 48.4 Å². The molecule has 4 rings (SSSR count). The highest BCUT2D eigenvalue weighted by molar-refractivity contribution is 5.82. The van der Waals surface area contributed by atoms with Crippen molar-refractivity contribution in [3.8, 4) is 5.88 Å². The first-order chi connectivity index (χ1) is 13.5. The Labute approximate surface area is 163 Å². The lowest BCUT2D eigenvalue weighted by atomic mass is 9.75. The number of hydrazine groups is 1. The molecule has 2 aromatic rings. The highest BCUT2D eigenvalue weighted by Crippen LogP contribution is 2.38. The summed E-state index contributed by atoms with van der Waals surface area (Å²) in [6.45, 7) is 1.90. The van der Waals surface area contributed by atoms with Gasteiger partial charge in [-0.1, -0.05) is 6.07 Å². The monoisotopic (exact) mass is 386 g/mol. The molecule has 28 heavy (non-hydrogen) atoms. The number of ether oxygens (including phenoxy) is 1. The van der Waals surface area contributed by atoms with Crippen LogP contribution >= 0.6 is 0 Å². The van der Waals surface area contributed by atoms with Gasteiger partial charge in [-0.3, -0.25) is 4.79 Å². The Bertz CT molecular complexity index is 816. The molecular weight excluding hydrogens is 360 g/mol. The van der Waals surface area contributed by atoms with Crippen LogP contribution in [-0.2, 0) is 4.79 Å². The first kappa shape index (κ1) is 18.9. The van der Waals surface area contributed by atoms with E-state index in [-0.39, 0.29) is 36.1 Å².